The zero-order chi connectivity index (χ0) is 18.9. The number of benzene rings is 1. The second-order valence-corrected chi connectivity index (χ2v) is 6.88. The molecule has 1 aromatic rings. The Kier molecular flexibility index (Phi) is 8.35. The Labute approximate surface area is 162 Å². The molecule has 142 valence electrons. The summed E-state index contributed by atoms with van der Waals surface area (Å²) in [4.78, 5) is 12.3. The van der Waals surface area contributed by atoms with Gasteiger partial charge in [0, 0.05) is 29.5 Å². The van der Waals surface area contributed by atoms with Crippen LogP contribution in [0.25, 0.3) is 0 Å². The maximum Gasteiger partial charge on any atom is 0.373 e. The van der Waals surface area contributed by atoms with Gasteiger partial charge in [0.2, 0.25) is 12.0 Å². The lowest BCUT2D eigenvalue weighted by molar-refractivity contribution is -0.175. The zero-order valence-electron chi connectivity index (χ0n) is 14.9. The summed E-state index contributed by atoms with van der Waals surface area (Å²) in [6, 6.07) is 7.96. The van der Waals surface area contributed by atoms with E-state index >= 15 is 0 Å². The minimum absolute atomic E-state index is 0.0146. The van der Waals surface area contributed by atoms with Crippen LogP contribution in [0.5, 0.6) is 0 Å². The number of ether oxygens (including phenoxy) is 3. The molecule has 0 saturated carbocycles. The van der Waals surface area contributed by atoms with Crippen LogP contribution in [-0.4, -0.2) is 37.2 Å². The van der Waals surface area contributed by atoms with Crippen molar-refractivity contribution in [3.05, 3.63) is 58.8 Å². The lowest BCUT2D eigenvalue weighted by atomic mass is 9.80. The average Bonchev–Trinajstić information content (AvgIpc) is 2.65. The van der Waals surface area contributed by atoms with Gasteiger partial charge in [0.15, 0.2) is 0 Å². The topological polar surface area (TPSA) is 65.0 Å². The lowest BCUT2D eigenvalue weighted by Crippen LogP contribution is -2.36. The number of esters is 1. The molecule has 1 aromatic carbocycles. The van der Waals surface area contributed by atoms with Crippen LogP contribution in [0.4, 0.5) is 0 Å². The molecule has 3 atom stereocenters. The Morgan fingerprint density at radius 3 is 2.73 bits per heavy atom. The van der Waals surface area contributed by atoms with Crippen molar-refractivity contribution < 1.29 is 24.1 Å². The third kappa shape index (κ3) is 5.43. The summed E-state index contributed by atoms with van der Waals surface area (Å²) in [6.45, 7) is 6.11. The van der Waals surface area contributed by atoms with E-state index in [-0.39, 0.29) is 30.8 Å². The first-order valence-corrected chi connectivity index (χ1v) is 9.54. The van der Waals surface area contributed by atoms with Crippen LogP contribution in [0.15, 0.2) is 53.2 Å². The summed E-state index contributed by atoms with van der Waals surface area (Å²) in [6.07, 6.45) is 4.09. The van der Waals surface area contributed by atoms with Crippen molar-refractivity contribution in [2.24, 2.45) is 5.92 Å². The number of rotatable bonds is 9. The minimum Gasteiger partial charge on any atom is -0.457 e. The Balaban J connectivity index is 2.36. The van der Waals surface area contributed by atoms with E-state index in [4.69, 9.17) is 14.2 Å². The number of aliphatic hydroxyl groups is 1. The molecule has 5 nitrogen and oxygen atoms in total. The predicted molar refractivity (Wildman–Crippen MR) is 102 cm³/mol. The lowest BCUT2D eigenvalue weighted by Gasteiger charge is -2.36. The smallest absolute Gasteiger partial charge is 0.373 e. The molecule has 1 aliphatic heterocycles. The summed E-state index contributed by atoms with van der Waals surface area (Å²) in [5.74, 6) is -0.471. The molecule has 0 aliphatic carbocycles. The highest BCUT2D eigenvalue weighted by Gasteiger charge is 2.38. The highest BCUT2D eigenvalue weighted by atomic mass is 79.9. The van der Waals surface area contributed by atoms with Gasteiger partial charge in [0.25, 0.3) is 0 Å². The number of hydrogen-bond acceptors (Lipinski definition) is 5. The van der Waals surface area contributed by atoms with E-state index in [0.717, 1.165) is 10.0 Å². The van der Waals surface area contributed by atoms with E-state index in [1.54, 1.807) is 6.08 Å². The van der Waals surface area contributed by atoms with Crippen molar-refractivity contribution in [1.29, 1.82) is 0 Å². The van der Waals surface area contributed by atoms with Crippen molar-refractivity contribution in [2.75, 3.05) is 19.8 Å². The quantitative estimate of drug-likeness (QED) is 0.480. The fourth-order valence-electron chi connectivity index (χ4n) is 3.02. The normalized spacial score (nSPS) is 22.3. The fourth-order valence-corrected chi connectivity index (χ4v) is 3.29. The van der Waals surface area contributed by atoms with Crippen LogP contribution in [0.2, 0.25) is 0 Å². The summed E-state index contributed by atoms with van der Waals surface area (Å²) < 4.78 is 17.7. The van der Waals surface area contributed by atoms with Gasteiger partial charge in [-0.25, -0.2) is 4.79 Å². The second kappa shape index (κ2) is 10.5. The third-order valence-electron chi connectivity index (χ3n) is 4.20. The second-order valence-electron chi connectivity index (χ2n) is 5.97. The molecular weight excluding hydrogens is 400 g/mol. The van der Waals surface area contributed by atoms with Crippen LogP contribution in [0, 0.1) is 5.92 Å². The molecular formula is C20H25BrO5. The molecule has 0 amide bonds. The van der Waals surface area contributed by atoms with Gasteiger partial charge in [0.05, 0.1) is 0 Å². The number of allylic oxidation sites excluding steroid dienone is 1. The number of halogens is 1. The van der Waals surface area contributed by atoms with Crippen LogP contribution >= 0.6 is 15.9 Å². The van der Waals surface area contributed by atoms with E-state index in [1.165, 1.54) is 6.08 Å². The Bertz CT molecular complexity index is 626. The molecule has 0 radical (unpaired) electrons. The highest BCUT2D eigenvalue weighted by Crippen LogP contribution is 2.39. The maximum atomic E-state index is 12.3. The predicted octanol–water partition coefficient (Wildman–Crippen LogP) is 3.93. The number of carbonyl (C=O) groups excluding carboxylic acids is 1. The summed E-state index contributed by atoms with van der Waals surface area (Å²) in [5, 5.41) is 9.26. The number of hydrogen-bond donors (Lipinski definition) is 1. The zero-order valence-corrected chi connectivity index (χ0v) is 16.5. The summed E-state index contributed by atoms with van der Waals surface area (Å²) >= 11 is 3.45. The third-order valence-corrected chi connectivity index (χ3v) is 4.73. The van der Waals surface area contributed by atoms with Crippen molar-refractivity contribution in [3.8, 4) is 0 Å². The van der Waals surface area contributed by atoms with Gasteiger partial charge in [-0.2, -0.15) is 0 Å². The molecule has 0 spiro atoms. The summed E-state index contributed by atoms with van der Waals surface area (Å²) in [5.41, 5.74) is 1.05. The molecule has 1 N–H and O–H groups in total. The first-order chi connectivity index (χ1) is 12.6. The van der Waals surface area contributed by atoms with E-state index < -0.39 is 12.3 Å². The van der Waals surface area contributed by atoms with Gasteiger partial charge in [-0.1, -0.05) is 40.7 Å². The minimum atomic E-state index is -0.573. The molecule has 26 heavy (non-hydrogen) atoms. The van der Waals surface area contributed by atoms with Crippen LogP contribution < -0.4 is 0 Å². The first kappa shape index (κ1) is 20.7. The molecule has 0 unspecified atom stereocenters. The monoisotopic (exact) mass is 424 g/mol. The van der Waals surface area contributed by atoms with E-state index in [0.29, 0.717) is 19.4 Å². The van der Waals surface area contributed by atoms with Gasteiger partial charge in [-0.05, 0) is 43.5 Å². The van der Waals surface area contributed by atoms with Gasteiger partial charge < -0.3 is 19.3 Å². The Morgan fingerprint density at radius 1 is 1.38 bits per heavy atom. The molecule has 0 saturated heterocycles. The van der Waals surface area contributed by atoms with Crippen molar-refractivity contribution in [3.63, 3.8) is 0 Å². The molecule has 2 rings (SSSR count). The Hall–Kier alpha value is -1.63. The van der Waals surface area contributed by atoms with Crippen LogP contribution in [0.1, 0.15) is 31.2 Å². The fraction of sp³-hybridized carbons (Fsp3) is 0.450. The summed E-state index contributed by atoms with van der Waals surface area (Å²) in [7, 11) is 0. The molecule has 0 bridgehead atoms. The number of aliphatic hydroxyl groups excluding tert-OH is 1. The van der Waals surface area contributed by atoms with Crippen molar-refractivity contribution in [1.82, 2.24) is 0 Å². The van der Waals surface area contributed by atoms with Gasteiger partial charge in [-0.3, -0.25) is 0 Å². The van der Waals surface area contributed by atoms with Crippen molar-refractivity contribution in [2.45, 2.75) is 32.0 Å². The highest BCUT2D eigenvalue weighted by molar-refractivity contribution is 9.10. The standard InChI is InChI=1S/C20H25BrO5/c1-3-12-25-19(23)18-13-17(14-7-9-15(21)10-8-14)16(6-5-11-22)20(26-18)24-4-2/h3,7-10,13,16-17,20,22H,1,4-6,11-12H2,2H3/t16-,17-,20-/m1/s1. The molecule has 1 aliphatic rings. The maximum absolute atomic E-state index is 12.3. The molecule has 1 heterocycles. The largest absolute Gasteiger partial charge is 0.457 e. The van der Waals surface area contributed by atoms with Gasteiger partial charge in [0.1, 0.15) is 6.61 Å². The number of carbonyl (C=O) groups is 1. The molecule has 6 heteroatoms. The van der Waals surface area contributed by atoms with Gasteiger partial charge >= 0.3 is 5.97 Å². The van der Waals surface area contributed by atoms with Crippen molar-refractivity contribution >= 4 is 21.9 Å². The van der Waals surface area contributed by atoms with E-state index in [9.17, 15) is 9.90 Å². The Morgan fingerprint density at radius 2 is 2.12 bits per heavy atom. The average molecular weight is 425 g/mol. The molecule has 0 fully saturated rings. The SMILES string of the molecule is C=CCOC(=O)C1=C[C@H](c2ccc(Br)cc2)[C@@H](CCCO)[C@H](OCC)O1. The van der Waals surface area contributed by atoms with E-state index in [1.807, 2.05) is 31.2 Å². The van der Waals surface area contributed by atoms with Gasteiger partial charge in [-0.15, -0.1) is 0 Å². The first-order valence-electron chi connectivity index (χ1n) is 8.75. The molecule has 0 aromatic heterocycles. The van der Waals surface area contributed by atoms with Crippen LogP contribution in [-0.2, 0) is 19.0 Å². The van der Waals surface area contributed by atoms with Crippen LogP contribution in [0.3, 0.4) is 0 Å². The van der Waals surface area contributed by atoms with E-state index in [2.05, 4.69) is 22.5 Å².